The Morgan fingerprint density at radius 2 is 0.705 bits per heavy atom. The lowest BCUT2D eigenvalue weighted by atomic mass is 10.0. The summed E-state index contributed by atoms with van der Waals surface area (Å²) in [6.45, 7) is 4.82. The maximum atomic E-state index is 13.0. The van der Waals surface area contributed by atoms with Crippen molar-refractivity contribution < 1.29 is 32.9 Å². The van der Waals surface area contributed by atoms with Crippen molar-refractivity contribution in [1.82, 2.24) is 5.32 Å². The first-order valence-electron chi connectivity index (χ1n) is 34.4. The Kier molecular flexibility index (Phi) is 59.3. The van der Waals surface area contributed by atoms with Crippen LogP contribution in [-0.2, 0) is 18.4 Å². The highest BCUT2D eigenvalue weighted by atomic mass is 31.2. The third-order valence-electron chi connectivity index (χ3n) is 15.8. The van der Waals surface area contributed by atoms with Crippen molar-refractivity contribution in [2.24, 2.45) is 0 Å². The Morgan fingerprint density at radius 1 is 0.423 bits per heavy atom. The minimum atomic E-state index is -4.36. The minimum absolute atomic E-state index is 0.0552. The quantitative estimate of drug-likeness (QED) is 0.0243. The second-order valence-corrected chi connectivity index (χ2v) is 26.4. The van der Waals surface area contributed by atoms with Crippen LogP contribution in [0.4, 0.5) is 0 Å². The molecule has 0 rings (SSSR count). The van der Waals surface area contributed by atoms with Gasteiger partial charge < -0.3 is 19.8 Å². The summed E-state index contributed by atoms with van der Waals surface area (Å²) < 4.78 is 23.7. The highest BCUT2D eigenvalue weighted by Crippen LogP contribution is 2.43. The van der Waals surface area contributed by atoms with Gasteiger partial charge >= 0.3 is 7.82 Å². The fourth-order valence-electron chi connectivity index (χ4n) is 10.5. The third kappa shape index (κ3) is 62.3. The molecule has 0 fully saturated rings. The van der Waals surface area contributed by atoms with Crippen LogP contribution >= 0.6 is 7.82 Å². The second kappa shape index (κ2) is 60.3. The normalized spacial score (nSPS) is 13.9. The lowest BCUT2D eigenvalue weighted by Crippen LogP contribution is -2.45. The van der Waals surface area contributed by atoms with Gasteiger partial charge in [-0.15, -0.1) is 0 Å². The average molecular weight is 1120 g/mol. The summed E-state index contributed by atoms with van der Waals surface area (Å²) >= 11 is 0. The molecule has 9 heteroatoms. The Labute approximate surface area is 487 Å². The number of rotatable bonds is 64. The van der Waals surface area contributed by atoms with E-state index in [9.17, 15) is 19.4 Å². The molecule has 1 amide bonds. The maximum Gasteiger partial charge on any atom is 0.472 e. The molecular formula is C69H136N2O6P+. The SMILES string of the molecule is CCCCCCCCC/C=C/CC/C=C/CC/C=C/C(O)C(COP(=O)(O)OCC[N+](C)(C)C)NC(=O)CCCCCCCCCCCCCCCCCCCCCCCCCCCCCCCCCCCCCCCCC. The number of likely N-dealkylation sites (N-methyl/N-ethyl adjacent to an activating group) is 1. The summed E-state index contributed by atoms with van der Waals surface area (Å²) in [7, 11) is 1.56. The molecular weight excluding hydrogens is 984 g/mol. The number of allylic oxidation sites excluding steroid dienone is 5. The number of nitrogens with one attached hydrogen (secondary N) is 1. The van der Waals surface area contributed by atoms with Gasteiger partial charge in [-0.25, -0.2) is 4.57 Å². The maximum absolute atomic E-state index is 13.0. The topological polar surface area (TPSA) is 105 Å². The third-order valence-corrected chi connectivity index (χ3v) is 16.8. The summed E-state index contributed by atoms with van der Waals surface area (Å²) in [5, 5.41) is 13.9. The summed E-state index contributed by atoms with van der Waals surface area (Å²) in [5.74, 6) is -0.185. The number of hydrogen-bond acceptors (Lipinski definition) is 5. The van der Waals surface area contributed by atoms with Crippen molar-refractivity contribution in [1.29, 1.82) is 0 Å². The van der Waals surface area contributed by atoms with Gasteiger partial charge in [0.1, 0.15) is 13.2 Å². The number of hydrogen-bond donors (Lipinski definition) is 3. The van der Waals surface area contributed by atoms with Crippen LogP contribution in [0.1, 0.15) is 348 Å². The number of quaternary nitrogens is 1. The molecule has 0 aliphatic carbocycles. The van der Waals surface area contributed by atoms with Gasteiger partial charge in [0.2, 0.25) is 5.91 Å². The number of phosphoric ester groups is 1. The van der Waals surface area contributed by atoms with Gasteiger partial charge in [-0.05, 0) is 44.9 Å². The Balaban J connectivity index is 3.91. The molecule has 0 aromatic carbocycles. The Bertz CT molecular complexity index is 1360. The first kappa shape index (κ1) is 76.7. The number of carbonyl (C=O) groups excluding carboxylic acids is 1. The molecule has 0 aromatic rings. The van der Waals surface area contributed by atoms with E-state index in [-0.39, 0.29) is 19.1 Å². The zero-order valence-electron chi connectivity index (χ0n) is 52.9. The van der Waals surface area contributed by atoms with Crippen LogP contribution in [0.5, 0.6) is 0 Å². The van der Waals surface area contributed by atoms with Gasteiger partial charge in [0.15, 0.2) is 0 Å². The van der Waals surface area contributed by atoms with Gasteiger partial charge in [-0.2, -0.15) is 0 Å². The van der Waals surface area contributed by atoms with Crippen molar-refractivity contribution in [3.05, 3.63) is 36.5 Å². The minimum Gasteiger partial charge on any atom is -0.387 e. The molecule has 0 aliphatic rings. The molecule has 0 aromatic heterocycles. The number of unbranched alkanes of at least 4 members (excludes halogenated alkanes) is 47. The van der Waals surface area contributed by atoms with Crippen LogP contribution in [0.25, 0.3) is 0 Å². The van der Waals surface area contributed by atoms with Crippen molar-refractivity contribution >= 4 is 13.7 Å². The lowest BCUT2D eigenvalue weighted by molar-refractivity contribution is -0.870. The molecule has 462 valence electrons. The number of carbonyl (C=O) groups is 1. The fourth-order valence-corrected chi connectivity index (χ4v) is 11.2. The molecule has 3 unspecified atom stereocenters. The molecule has 0 spiro atoms. The van der Waals surface area contributed by atoms with Crippen LogP contribution < -0.4 is 5.32 Å². The molecule has 78 heavy (non-hydrogen) atoms. The van der Waals surface area contributed by atoms with Crippen LogP contribution in [0.3, 0.4) is 0 Å². The number of phosphoric acid groups is 1. The van der Waals surface area contributed by atoms with Crippen LogP contribution in [0.2, 0.25) is 0 Å². The van der Waals surface area contributed by atoms with E-state index in [4.69, 9.17) is 9.05 Å². The largest absolute Gasteiger partial charge is 0.472 e. The van der Waals surface area contributed by atoms with E-state index in [0.717, 1.165) is 44.9 Å². The van der Waals surface area contributed by atoms with Crippen molar-refractivity contribution in [3.8, 4) is 0 Å². The zero-order valence-corrected chi connectivity index (χ0v) is 53.8. The molecule has 8 nitrogen and oxygen atoms in total. The van der Waals surface area contributed by atoms with E-state index in [2.05, 4.69) is 43.5 Å². The number of aliphatic hydroxyl groups excluding tert-OH is 1. The smallest absolute Gasteiger partial charge is 0.387 e. The molecule has 0 bridgehead atoms. The van der Waals surface area contributed by atoms with Crippen LogP contribution in [0.15, 0.2) is 36.5 Å². The Hall–Kier alpha value is -1.28. The first-order chi connectivity index (χ1) is 38.0. The fraction of sp³-hybridized carbons (Fsp3) is 0.899. The molecule has 0 saturated carbocycles. The number of amides is 1. The van der Waals surface area contributed by atoms with E-state index in [1.165, 1.54) is 283 Å². The van der Waals surface area contributed by atoms with E-state index >= 15 is 0 Å². The first-order valence-corrected chi connectivity index (χ1v) is 35.9. The zero-order chi connectivity index (χ0) is 57.0. The van der Waals surface area contributed by atoms with Gasteiger partial charge in [-0.1, -0.05) is 333 Å². The van der Waals surface area contributed by atoms with Crippen LogP contribution in [0, 0.1) is 0 Å². The molecule has 3 N–H and O–H groups in total. The van der Waals surface area contributed by atoms with Gasteiger partial charge in [-0.3, -0.25) is 13.8 Å². The standard InChI is InChI=1S/C69H135N2O6P/c1-6-8-10-12-14-16-18-20-22-24-25-26-27-28-29-30-31-32-33-34-35-36-37-38-39-40-41-42-43-44-45-47-49-51-53-55-57-59-61-63-69(73)70-67(66-77-78(74,75)76-65-64-71(3,4)5)68(72)62-60-58-56-54-52-50-48-46-23-21-19-17-15-13-11-9-7-2/h23,46,52,54,60,62,67-68,72H,6-22,24-45,47-51,53,55-59,61,63-66H2,1-5H3,(H-,70,73,74,75)/p+1/b46-23+,54-52+,62-60+. The predicted octanol–water partition coefficient (Wildman–Crippen LogP) is 21.7. The second-order valence-electron chi connectivity index (χ2n) is 24.9. The van der Waals surface area contributed by atoms with Crippen molar-refractivity contribution in [2.45, 2.75) is 360 Å². The Morgan fingerprint density at radius 3 is 1.03 bits per heavy atom. The van der Waals surface area contributed by atoms with Crippen molar-refractivity contribution in [3.63, 3.8) is 0 Å². The molecule has 3 atom stereocenters. The van der Waals surface area contributed by atoms with Gasteiger partial charge in [0, 0.05) is 6.42 Å². The highest BCUT2D eigenvalue weighted by Gasteiger charge is 2.28. The number of nitrogens with zero attached hydrogens (tertiary/aromatic N) is 1. The van der Waals surface area contributed by atoms with E-state index < -0.39 is 20.0 Å². The average Bonchev–Trinajstić information content (AvgIpc) is 3.41. The number of aliphatic hydroxyl groups is 1. The molecule has 0 heterocycles. The van der Waals surface area contributed by atoms with Crippen molar-refractivity contribution in [2.75, 3.05) is 40.9 Å². The summed E-state index contributed by atoms with van der Waals surface area (Å²) in [5.41, 5.74) is 0. The molecule has 0 saturated heterocycles. The monoisotopic (exact) mass is 1120 g/mol. The van der Waals surface area contributed by atoms with E-state index in [1.807, 2.05) is 27.2 Å². The highest BCUT2D eigenvalue weighted by molar-refractivity contribution is 7.47. The van der Waals surface area contributed by atoms with Gasteiger partial charge in [0.25, 0.3) is 0 Å². The van der Waals surface area contributed by atoms with E-state index in [1.54, 1.807) is 6.08 Å². The molecule has 0 aliphatic heterocycles. The van der Waals surface area contributed by atoms with Gasteiger partial charge in [0.05, 0.1) is 39.9 Å². The molecule has 0 radical (unpaired) electrons. The summed E-state index contributed by atoms with van der Waals surface area (Å²) in [6, 6.07) is -0.868. The summed E-state index contributed by atoms with van der Waals surface area (Å²) in [6.07, 6.45) is 80.3. The lowest BCUT2D eigenvalue weighted by Gasteiger charge is -2.25. The van der Waals surface area contributed by atoms with E-state index in [0.29, 0.717) is 17.4 Å². The predicted molar refractivity (Wildman–Crippen MR) is 341 cm³/mol. The summed E-state index contributed by atoms with van der Waals surface area (Å²) in [4.78, 5) is 23.3. The van der Waals surface area contributed by atoms with Crippen LogP contribution in [-0.4, -0.2) is 73.4 Å².